The Bertz CT molecular complexity index is 720. The molecule has 130 valence electrons. The van der Waals surface area contributed by atoms with Gasteiger partial charge in [0.05, 0.1) is 0 Å². The Morgan fingerprint density at radius 1 is 0.880 bits per heavy atom. The van der Waals surface area contributed by atoms with Gasteiger partial charge >= 0.3 is 6.03 Å². The zero-order chi connectivity index (χ0) is 18.1. The Labute approximate surface area is 145 Å². The predicted octanol–water partition coefficient (Wildman–Crippen LogP) is 1.59. The molecule has 0 aliphatic carbocycles. The van der Waals surface area contributed by atoms with Crippen molar-refractivity contribution in [3.63, 3.8) is 0 Å². The maximum absolute atomic E-state index is 12.3. The van der Waals surface area contributed by atoms with Crippen molar-refractivity contribution in [2.75, 3.05) is 5.32 Å². The Balaban J connectivity index is 1.93. The van der Waals surface area contributed by atoms with Crippen LogP contribution in [0.25, 0.3) is 0 Å². The van der Waals surface area contributed by atoms with Crippen LogP contribution in [0.15, 0.2) is 60.7 Å². The van der Waals surface area contributed by atoms with Crippen LogP contribution >= 0.6 is 0 Å². The SMILES string of the molecule is CC(=O)NC(NC(=O)Nc1ccccc1)C(=O)NCc1ccccc1. The van der Waals surface area contributed by atoms with E-state index in [9.17, 15) is 14.4 Å². The van der Waals surface area contributed by atoms with Crippen LogP contribution in [0.1, 0.15) is 12.5 Å². The van der Waals surface area contributed by atoms with Crippen LogP contribution in [0, 0.1) is 0 Å². The number of hydrogen-bond acceptors (Lipinski definition) is 3. The fourth-order valence-corrected chi connectivity index (χ4v) is 2.08. The van der Waals surface area contributed by atoms with E-state index in [2.05, 4.69) is 21.3 Å². The van der Waals surface area contributed by atoms with Gasteiger partial charge in [-0.25, -0.2) is 4.79 Å². The van der Waals surface area contributed by atoms with Gasteiger partial charge in [0.1, 0.15) is 0 Å². The second kappa shape index (κ2) is 9.07. The maximum atomic E-state index is 12.3. The fourth-order valence-electron chi connectivity index (χ4n) is 2.08. The largest absolute Gasteiger partial charge is 0.349 e. The second-order valence-electron chi connectivity index (χ2n) is 5.30. The van der Waals surface area contributed by atoms with E-state index in [1.807, 2.05) is 36.4 Å². The number of carbonyl (C=O) groups is 3. The quantitative estimate of drug-likeness (QED) is 0.601. The fraction of sp³-hybridized carbons (Fsp3) is 0.167. The molecule has 4 amide bonds. The molecule has 2 rings (SSSR count). The summed E-state index contributed by atoms with van der Waals surface area (Å²) in [7, 11) is 0. The minimum Gasteiger partial charge on any atom is -0.349 e. The van der Waals surface area contributed by atoms with E-state index >= 15 is 0 Å². The lowest BCUT2D eigenvalue weighted by Crippen LogP contribution is -2.57. The molecular weight excluding hydrogens is 320 g/mol. The summed E-state index contributed by atoms with van der Waals surface area (Å²) in [6.07, 6.45) is -1.18. The lowest BCUT2D eigenvalue weighted by Gasteiger charge is -2.19. The van der Waals surface area contributed by atoms with Crippen molar-refractivity contribution in [2.45, 2.75) is 19.6 Å². The van der Waals surface area contributed by atoms with Crippen molar-refractivity contribution in [1.82, 2.24) is 16.0 Å². The summed E-state index contributed by atoms with van der Waals surface area (Å²) in [5, 5.41) is 10.1. The smallest absolute Gasteiger partial charge is 0.321 e. The minimum absolute atomic E-state index is 0.289. The van der Waals surface area contributed by atoms with Crippen LogP contribution in [0.5, 0.6) is 0 Å². The summed E-state index contributed by atoms with van der Waals surface area (Å²) in [6, 6.07) is 17.5. The average Bonchev–Trinajstić information content (AvgIpc) is 2.60. The van der Waals surface area contributed by atoms with Crippen LogP contribution in [-0.4, -0.2) is 24.0 Å². The lowest BCUT2D eigenvalue weighted by molar-refractivity contribution is -0.128. The van der Waals surface area contributed by atoms with Gasteiger partial charge in [0, 0.05) is 19.2 Å². The van der Waals surface area contributed by atoms with Gasteiger partial charge in [0.25, 0.3) is 5.91 Å². The van der Waals surface area contributed by atoms with Crippen LogP contribution in [0.2, 0.25) is 0 Å². The Hall–Kier alpha value is -3.35. The normalized spacial score (nSPS) is 11.1. The molecule has 7 nitrogen and oxygen atoms in total. The number of benzene rings is 2. The van der Waals surface area contributed by atoms with Gasteiger partial charge in [-0.1, -0.05) is 48.5 Å². The predicted molar refractivity (Wildman–Crippen MR) is 94.5 cm³/mol. The standard InChI is InChI=1S/C18H20N4O3/c1-13(23)20-16(17(24)19-12-14-8-4-2-5-9-14)22-18(25)21-15-10-6-3-7-11-15/h2-11,16H,12H2,1H3,(H,19,24)(H,20,23)(H2,21,22,25). The Morgan fingerprint density at radius 2 is 1.48 bits per heavy atom. The number of anilines is 1. The highest BCUT2D eigenvalue weighted by molar-refractivity contribution is 5.95. The lowest BCUT2D eigenvalue weighted by atomic mass is 10.2. The van der Waals surface area contributed by atoms with Crippen molar-refractivity contribution >= 4 is 23.5 Å². The summed E-state index contributed by atoms with van der Waals surface area (Å²) >= 11 is 0. The maximum Gasteiger partial charge on any atom is 0.321 e. The van der Waals surface area contributed by atoms with Crippen LogP contribution in [0.3, 0.4) is 0 Å². The average molecular weight is 340 g/mol. The highest BCUT2D eigenvalue weighted by Gasteiger charge is 2.21. The zero-order valence-corrected chi connectivity index (χ0v) is 13.8. The van der Waals surface area contributed by atoms with Gasteiger partial charge in [0.15, 0.2) is 6.17 Å². The molecule has 0 heterocycles. The van der Waals surface area contributed by atoms with Crippen LogP contribution < -0.4 is 21.3 Å². The minimum atomic E-state index is -1.18. The molecule has 0 saturated carbocycles. The monoisotopic (exact) mass is 340 g/mol. The van der Waals surface area contributed by atoms with Crippen LogP contribution in [0.4, 0.5) is 10.5 Å². The van der Waals surface area contributed by atoms with E-state index in [0.717, 1.165) is 5.56 Å². The summed E-state index contributed by atoms with van der Waals surface area (Å²) < 4.78 is 0. The summed E-state index contributed by atoms with van der Waals surface area (Å²) in [4.78, 5) is 35.6. The van der Waals surface area contributed by atoms with E-state index in [1.165, 1.54) is 6.92 Å². The van der Waals surface area contributed by atoms with Crippen molar-refractivity contribution < 1.29 is 14.4 Å². The molecule has 0 aliphatic heterocycles. The van der Waals surface area contributed by atoms with Crippen LogP contribution in [-0.2, 0) is 16.1 Å². The molecule has 1 atom stereocenters. The summed E-state index contributed by atoms with van der Waals surface area (Å²) in [6.45, 7) is 1.56. The number of rotatable bonds is 6. The molecule has 0 aliphatic rings. The molecule has 1 unspecified atom stereocenters. The van der Waals surface area contributed by atoms with Crippen molar-refractivity contribution in [1.29, 1.82) is 0 Å². The summed E-state index contributed by atoms with van der Waals surface area (Å²) in [5.41, 5.74) is 1.48. The highest BCUT2D eigenvalue weighted by atomic mass is 16.2. The third-order valence-corrected chi connectivity index (χ3v) is 3.23. The van der Waals surface area contributed by atoms with E-state index in [4.69, 9.17) is 0 Å². The number of para-hydroxylation sites is 1. The number of carbonyl (C=O) groups excluding carboxylic acids is 3. The molecule has 4 N–H and O–H groups in total. The van der Waals surface area contributed by atoms with E-state index in [-0.39, 0.29) is 6.54 Å². The first-order valence-corrected chi connectivity index (χ1v) is 7.76. The third-order valence-electron chi connectivity index (χ3n) is 3.23. The van der Waals surface area contributed by atoms with Gasteiger partial charge in [-0.15, -0.1) is 0 Å². The molecule has 0 aromatic heterocycles. The molecule has 7 heteroatoms. The van der Waals surface area contributed by atoms with Gasteiger partial charge < -0.3 is 21.3 Å². The van der Waals surface area contributed by atoms with Crippen molar-refractivity contribution in [2.24, 2.45) is 0 Å². The third kappa shape index (κ3) is 6.34. The molecule has 2 aromatic rings. The van der Waals surface area contributed by atoms with Gasteiger partial charge in [-0.2, -0.15) is 0 Å². The topological polar surface area (TPSA) is 99.3 Å². The van der Waals surface area contributed by atoms with Gasteiger partial charge in [0.2, 0.25) is 5.91 Å². The molecule has 0 radical (unpaired) electrons. The zero-order valence-electron chi connectivity index (χ0n) is 13.8. The van der Waals surface area contributed by atoms with Crippen molar-refractivity contribution in [3.8, 4) is 0 Å². The first kappa shape index (κ1) is 18.0. The van der Waals surface area contributed by atoms with E-state index in [0.29, 0.717) is 5.69 Å². The number of hydrogen-bond donors (Lipinski definition) is 4. The van der Waals surface area contributed by atoms with E-state index in [1.54, 1.807) is 24.3 Å². The van der Waals surface area contributed by atoms with Crippen molar-refractivity contribution in [3.05, 3.63) is 66.2 Å². The first-order valence-electron chi connectivity index (χ1n) is 7.76. The van der Waals surface area contributed by atoms with Gasteiger partial charge in [-0.05, 0) is 17.7 Å². The molecule has 2 aromatic carbocycles. The number of urea groups is 1. The molecule has 25 heavy (non-hydrogen) atoms. The van der Waals surface area contributed by atoms with E-state index < -0.39 is 24.0 Å². The molecule has 0 spiro atoms. The molecular formula is C18H20N4O3. The summed E-state index contributed by atoms with van der Waals surface area (Å²) in [5.74, 6) is -0.942. The molecule has 0 saturated heterocycles. The molecule has 0 fully saturated rings. The second-order valence-corrected chi connectivity index (χ2v) is 5.30. The number of amides is 4. The Kier molecular flexibility index (Phi) is 6.53. The Morgan fingerprint density at radius 3 is 2.08 bits per heavy atom. The first-order chi connectivity index (χ1) is 12.0. The van der Waals surface area contributed by atoms with Gasteiger partial charge in [-0.3, -0.25) is 9.59 Å². The molecule has 0 bridgehead atoms. The highest BCUT2D eigenvalue weighted by Crippen LogP contribution is 2.04. The number of nitrogens with one attached hydrogen (secondary N) is 4.